The van der Waals surface area contributed by atoms with E-state index in [2.05, 4.69) is 14.4 Å². The number of nitrogens with zero attached hydrogens (tertiary/aromatic N) is 2. The molecule has 0 unspecified atom stereocenters. The molecule has 8 heteroatoms. The van der Waals surface area contributed by atoms with Crippen LogP contribution in [0, 0.1) is 6.92 Å². The number of allylic oxidation sites excluding steroid dienone is 2. The summed E-state index contributed by atoms with van der Waals surface area (Å²) in [5, 5.41) is 3.41. The molecule has 1 aromatic heterocycles. The van der Waals surface area contributed by atoms with Gasteiger partial charge in [0.25, 0.3) is 0 Å². The van der Waals surface area contributed by atoms with E-state index in [0.29, 0.717) is 5.82 Å². The standard InChI is InChI=1S/C11H16FN3O4/c1-7-14-19-11(17)15(7)6-8(12)4-3-5-9(13)10(16)18-2/h4,9H,3,5-6,13H2,1-2H3/b8-4+/t9-/m0/s1. The molecule has 0 fully saturated rings. The van der Waals surface area contributed by atoms with Gasteiger partial charge in [-0.2, -0.15) is 0 Å². The molecule has 0 saturated heterocycles. The van der Waals surface area contributed by atoms with Crippen LogP contribution in [-0.2, 0) is 16.1 Å². The molecule has 0 spiro atoms. The Morgan fingerprint density at radius 3 is 2.89 bits per heavy atom. The lowest BCUT2D eigenvalue weighted by Crippen LogP contribution is -2.31. The Labute approximate surface area is 108 Å². The summed E-state index contributed by atoms with van der Waals surface area (Å²) in [5.74, 6) is -1.49. The molecule has 106 valence electrons. The molecule has 0 radical (unpaired) electrons. The summed E-state index contributed by atoms with van der Waals surface area (Å²) in [4.78, 5) is 22.1. The summed E-state index contributed by atoms with van der Waals surface area (Å²) in [6.07, 6.45) is 1.79. The van der Waals surface area contributed by atoms with Crippen molar-refractivity contribution in [1.29, 1.82) is 0 Å². The molecule has 2 N–H and O–H groups in total. The zero-order chi connectivity index (χ0) is 14.4. The van der Waals surface area contributed by atoms with Crippen LogP contribution < -0.4 is 11.5 Å². The second kappa shape index (κ2) is 6.83. The van der Waals surface area contributed by atoms with Gasteiger partial charge in [-0.1, -0.05) is 11.2 Å². The molecule has 0 amide bonds. The van der Waals surface area contributed by atoms with E-state index in [0.717, 1.165) is 4.57 Å². The van der Waals surface area contributed by atoms with Crippen LogP contribution in [0.3, 0.4) is 0 Å². The van der Waals surface area contributed by atoms with Crippen LogP contribution in [0.2, 0.25) is 0 Å². The van der Waals surface area contributed by atoms with E-state index < -0.39 is 23.6 Å². The number of hydrogen-bond acceptors (Lipinski definition) is 6. The van der Waals surface area contributed by atoms with Crippen molar-refractivity contribution < 1.29 is 18.4 Å². The smallest absolute Gasteiger partial charge is 0.441 e. The molecule has 1 atom stereocenters. The maximum absolute atomic E-state index is 13.5. The van der Waals surface area contributed by atoms with Crippen molar-refractivity contribution in [2.24, 2.45) is 5.73 Å². The molecule has 0 aliphatic heterocycles. The lowest BCUT2D eigenvalue weighted by atomic mass is 10.1. The van der Waals surface area contributed by atoms with Crippen molar-refractivity contribution in [2.75, 3.05) is 7.11 Å². The topological polar surface area (TPSA) is 100 Å². The minimum absolute atomic E-state index is 0.248. The minimum atomic E-state index is -0.783. The van der Waals surface area contributed by atoms with Gasteiger partial charge in [-0.25, -0.2) is 9.18 Å². The molecule has 0 saturated carbocycles. The van der Waals surface area contributed by atoms with Crippen LogP contribution in [0.5, 0.6) is 0 Å². The summed E-state index contributed by atoms with van der Waals surface area (Å²) >= 11 is 0. The number of esters is 1. The van der Waals surface area contributed by atoms with Crippen LogP contribution >= 0.6 is 0 Å². The summed E-state index contributed by atoms with van der Waals surface area (Å²) in [7, 11) is 1.24. The van der Waals surface area contributed by atoms with Crippen LogP contribution in [0.25, 0.3) is 0 Å². The Morgan fingerprint density at radius 1 is 1.68 bits per heavy atom. The van der Waals surface area contributed by atoms with Gasteiger partial charge >= 0.3 is 11.7 Å². The van der Waals surface area contributed by atoms with E-state index in [4.69, 9.17) is 5.73 Å². The summed E-state index contributed by atoms with van der Waals surface area (Å²) in [6.45, 7) is 1.28. The van der Waals surface area contributed by atoms with Gasteiger partial charge in [0.05, 0.1) is 13.7 Å². The normalized spacial score (nSPS) is 13.4. The van der Waals surface area contributed by atoms with Crippen LogP contribution in [0.4, 0.5) is 4.39 Å². The highest BCUT2D eigenvalue weighted by Crippen LogP contribution is 2.06. The highest BCUT2D eigenvalue weighted by atomic mass is 19.1. The van der Waals surface area contributed by atoms with Gasteiger partial charge in [0, 0.05) is 0 Å². The second-order valence-electron chi connectivity index (χ2n) is 3.94. The fraction of sp³-hybridized carbons (Fsp3) is 0.545. The van der Waals surface area contributed by atoms with Crippen molar-refractivity contribution in [3.05, 3.63) is 28.3 Å². The molecule has 0 aliphatic rings. The molecular weight excluding hydrogens is 257 g/mol. The lowest BCUT2D eigenvalue weighted by molar-refractivity contribution is -0.142. The third-order valence-electron chi connectivity index (χ3n) is 2.52. The van der Waals surface area contributed by atoms with Crippen LogP contribution in [-0.4, -0.2) is 28.8 Å². The first kappa shape index (κ1) is 15.1. The van der Waals surface area contributed by atoms with Crippen molar-refractivity contribution in [3.63, 3.8) is 0 Å². The Morgan fingerprint density at radius 2 is 2.37 bits per heavy atom. The van der Waals surface area contributed by atoms with Crippen molar-refractivity contribution in [2.45, 2.75) is 32.4 Å². The summed E-state index contributed by atoms with van der Waals surface area (Å²) < 4.78 is 23.4. The number of carbonyl (C=O) groups excluding carboxylic acids is 1. The highest BCUT2D eigenvalue weighted by Gasteiger charge is 2.13. The van der Waals surface area contributed by atoms with Crippen molar-refractivity contribution in [3.8, 4) is 0 Å². The molecule has 19 heavy (non-hydrogen) atoms. The van der Waals surface area contributed by atoms with E-state index in [1.807, 2.05) is 0 Å². The van der Waals surface area contributed by atoms with Crippen molar-refractivity contribution >= 4 is 5.97 Å². The monoisotopic (exact) mass is 273 g/mol. The number of rotatable bonds is 6. The van der Waals surface area contributed by atoms with Gasteiger partial charge in [0.1, 0.15) is 11.9 Å². The molecule has 0 aromatic carbocycles. The zero-order valence-corrected chi connectivity index (χ0v) is 10.8. The number of methoxy groups -OCH3 is 1. The van der Waals surface area contributed by atoms with Crippen molar-refractivity contribution in [1.82, 2.24) is 9.72 Å². The second-order valence-corrected chi connectivity index (χ2v) is 3.94. The van der Waals surface area contributed by atoms with Gasteiger partial charge in [-0.05, 0) is 19.8 Å². The maximum atomic E-state index is 13.5. The predicted octanol–water partition coefficient (Wildman–Crippen LogP) is 0.279. The van der Waals surface area contributed by atoms with Gasteiger partial charge in [0.15, 0.2) is 5.82 Å². The number of nitrogens with two attached hydrogens (primary N) is 1. The van der Waals surface area contributed by atoms with Gasteiger partial charge in [-0.3, -0.25) is 13.9 Å². The Bertz CT molecular complexity index is 520. The van der Waals surface area contributed by atoms with E-state index in [9.17, 15) is 14.0 Å². The third kappa shape index (κ3) is 4.32. The molecule has 7 nitrogen and oxygen atoms in total. The Balaban J connectivity index is 2.50. The first-order chi connectivity index (χ1) is 8.95. The predicted molar refractivity (Wildman–Crippen MR) is 63.9 cm³/mol. The quantitative estimate of drug-likeness (QED) is 0.747. The number of hydrogen-bond donors (Lipinski definition) is 1. The van der Waals surface area contributed by atoms with E-state index in [-0.39, 0.29) is 19.4 Å². The highest BCUT2D eigenvalue weighted by molar-refractivity contribution is 5.75. The number of halogens is 1. The molecule has 0 aliphatic carbocycles. The Hall–Kier alpha value is -1.96. The first-order valence-corrected chi connectivity index (χ1v) is 5.66. The maximum Gasteiger partial charge on any atom is 0.441 e. The average Bonchev–Trinajstić information content (AvgIpc) is 2.69. The Kier molecular flexibility index (Phi) is 5.43. The third-order valence-corrected chi connectivity index (χ3v) is 2.52. The minimum Gasteiger partial charge on any atom is -0.468 e. The average molecular weight is 273 g/mol. The number of carbonyl (C=O) groups is 1. The number of aromatic nitrogens is 2. The van der Waals surface area contributed by atoms with Crippen LogP contribution in [0.1, 0.15) is 18.7 Å². The molecule has 1 aromatic rings. The first-order valence-electron chi connectivity index (χ1n) is 5.66. The molecule has 1 heterocycles. The molecule has 0 bridgehead atoms. The SMILES string of the molecule is COC(=O)[C@@H](N)CC/C=C(/F)Cn1c(C)noc1=O. The van der Waals surface area contributed by atoms with Gasteiger partial charge in [-0.15, -0.1) is 0 Å². The van der Waals surface area contributed by atoms with E-state index in [1.54, 1.807) is 0 Å². The lowest BCUT2D eigenvalue weighted by Gasteiger charge is -2.06. The molecular formula is C11H16FN3O4. The fourth-order valence-corrected chi connectivity index (χ4v) is 1.42. The van der Waals surface area contributed by atoms with E-state index >= 15 is 0 Å². The number of aryl methyl sites for hydroxylation is 1. The largest absolute Gasteiger partial charge is 0.468 e. The van der Waals surface area contributed by atoms with Gasteiger partial charge in [0.2, 0.25) is 0 Å². The fourth-order valence-electron chi connectivity index (χ4n) is 1.42. The molecule has 1 rings (SSSR count). The summed E-state index contributed by atoms with van der Waals surface area (Å²) in [6, 6.07) is -0.783. The van der Waals surface area contributed by atoms with Crippen LogP contribution in [0.15, 0.2) is 21.2 Å². The number of ether oxygens (including phenoxy) is 1. The van der Waals surface area contributed by atoms with E-state index in [1.165, 1.54) is 20.1 Å². The zero-order valence-electron chi connectivity index (χ0n) is 10.8. The van der Waals surface area contributed by atoms with Gasteiger partial charge < -0.3 is 10.5 Å². The summed E-state index contributed by atoms with van der Waals surface area (Å²) in [5.41, 5.74) is 5.49.